The summed E-state index contributed by atoms with van der Waals surface area (Å²) in [5, 5.41) is 3.86. The molecule has 0 unspecified atom stereocenters. The van der Waals surface area contributed by atoms with Crippen molar-refractivity contribution in [1.29, 1.82) is 0 Å². The van der Waals surface area contributed by atoms with Crippen LogP contribution in [0.4, 0.5) is 0 Å². The molecule has 0 bridgehead atoms. The monoisotopic (exact) mass is 345 g/mol. The molecule has 6 heteroatoms. The van der Waals surface area contributed by atoms with Gasteiger partial charge in [0, 0.05) is 30.2 Å². The maximum atomic E-state index is 12.6. The minimum absolute atomic E-state index is 0.0610. The molecule has 1 aromatic carbocycles. The normalized spacial score (nSPS) is 22.2. The number of aromatic nitrogens is 2. The van der Waals surface area contributed by atoms with Crippen molar-refractivity contribution in [3.63, 3.8) is 0 Å². The molecule has 0 fully saturated rings. The van der Waals surface area contributed by atoms with E-state index in [1.165, 1.54) is 0 Å². The lowest BCUT2D eigenvalue weighted by Crippen LogP contribution is -2.46. The zero-order chi connectivity index (χ0) is 16.7. The Bertz CT molecular complexity index is 787. The van der Waals surface area contributed by atoms with E-state index in [1.54, 1.807) is 0 Å². The Hall–Kier alpha value is -2.01. The third-order valence-corrected chi connectivity index (χ3v) is 4.99. The van der Waals surface area contributed by atoms with Gasteiger partial charge in [-0.3, -0.25) is 4.79 Å². The number of benzene rings is 1. The molecule has 1 N–H and O–H groups in total. The lowest BCUT2D eigenvalue weighted by molar-refractivity contribution is -0.127. The second-order valence-corrected chi connectivity index (χ2v) is 7.10. The average molecular weight is 346 g/mol. The second kappa shape index (κ2) is 6.13. The van der Waals surface area contributed by atoms with Crippen molar-refractivity contribution in [2.75, 3.05) is 6.61 Å². The SMILES string of the molecule is Cc1cn2c(n1)CC[C@@H](NC(=O)[C@H]1COc3ccc(Cl)cc3C1)C2. The van der Waals surface area contributed by atoms with E-state index in [9.17, 15) is 4.79 Å². The van der Waals surface area contributed by atoms with Gasteiger partial charge in [-0.1, -0.05) is 11.6 Å². The summed E-state index contributed by atoms with van der Waals surface area (Å²) in [6.45, 7) is 3.21. The number of rotatable bonds is 2. The molecule has 2 aromatic rings. The Kier molecular flexibility index (Phi) is 3.96. The summed E-state index contributed by atoms with van der Waals surface area (Å²) in [6.07, 6.45) is 4.55. The first-order valence-electron chi connectivity index (χ1n) is 8.33. The number of imidazole rings is 1. The summed E-state index contributed by atoms with van der Waals surface area (Å²) in [5.41, 5.74) is 2.04. The molecular weight excluding hydrogens is 326 g/mol. The Morgan fingerprint density at radius 2 is 2.33 bits per heavy atom. The fraction of sp³-hybridized carbons (Fsp3) is 0.444. The molecule has 0 aliphatic carbocycles. The maximum absolute atomic E-state index is 12.6. The molecule has 1 amide bonds. The van der Waals surface area contributed by atoms with E-state index >= 15 is 0 Å². The highest BCUT2D eigenvalue weighted by molar-refractivity contribution is 6.30. The summed E-state index contributed by atoms with van der Waals surface area (Å²) in [4.78, 5) is 17.1. The van der Waals surface area contributed by atoms with Crippen LogP contribution in [0.15, 0.2) is 24.4 Å². The van der Waals surface area contributed by atoms with Crippen LogP contribution in [0.5, 0.6) is 5.75 Å². The topological polar surface area (TPSA) is 56.2 Å². The molecule has 126 valence electrons. The minimum Gasteiger partial charge on any atom is -0.492 e. The number of aryl methyl sites for hydroxylation is 2. The number of halogens is 1. The summed E-state index contributed by atoms with van der Waals surface area (Å²) in [6, 6.07) is 5.72. The Labute approximate surface area is 146 Å². The van der Waals surface area contributed by atoms with Crippen LogP contribution < -0.4 is 10.1 Å². The van der Waals surface area contributed by atoms with Crippen LogP contribution in [0.3, 0.4) is 0 Å². The van der Waals surface area contributed by atoms with E-state index in [-0.39, 0.29) is 17.9 Å². The Morgan fingerprint density at radius 1 is 1.46 bits per heavy atom. The van der Waals surface area contributed by atoms with Crippen molar-refractivity contribution in [3.8, 4) is 5.75 Å². The van der Waals surface area contributed by atoms with Gasteiger partial charge in [-0.2, -0.15) is 0 Å². The molecular formula is C18H20ClN3O2. The lowest BCUT2D eigenvalue weighted by Gasteiger charge is -2.29. The van der Waals surface area contributed by atoms with Crippen LogP contribution in [-0.4, -0.2) is 28.1 Å². The van der Waals surface area contributed by atoms with Gasteiger partial charge in [0.2, 0.25) is 5.91 Å². The standard InChI is InChI=1S/C18H20ClN3O2/c1-11-8-22-9-15(3-5-17(22)20-11)21-18(23)13-6-12-7-14(19)2-4-16(12)24-10-13/h2,4,7-8,13,15H,3,5-6,9-10H2,1H3,(H,21,23)/t13-,15-/m1/s1. The van der Waals surface area contributed by atoms with Crippen LogP contribution >= 0.6 is 11.6 Å². The summed E-state index contributed by atoms with van der Waals surface area (Å²) in [5.74, 6) is 1.84. The number of carbonyl (C=O) groups is 1. The van der Waals surface area contributed by atoms with Crippen molar-refractivity contribution < 1.29 is 9.53 Å². The van der Waals surface area contributed by atoms with E-state index < -0.39 is 0 Å². The molecule has 2 aliphatic rings. The molecule has 0 spiro atoms. The summed E-state index contributed by atoms with van der Waals surface area (Å²) in [7, 11) is 0. The largest absolute Gasteiger partial charge is 0.492 e. The molecule has 4 rings (SSSR count). The molecule has 5 nitrogen and oxygen atoms in total. The molecule has 0 saturated heterocycles. The Balaban J connectivity index is 1.40. The number of amides is 1. The van der Waals surface area contributed by atoms with Crippen LogP contribution in [0, 0.1) is 12.8 Å². The number of nitrogens with zero attached hydrogens (tertiary/aromatic N) is 2. The van der Waals surface area contributed by atoms with Gasteiger partial charge in [-0.05, 0) is 43.5 Å². The summed E-state index contributed by atoms with van der Waals surface area (Å²) < 4.78 is 7.88. The van der Waals surface area contributed by atoms with E-state index in [0.717, 1.165) is 42.2 Å². The molecule has 1 aromatic heterocycles. The highest BCUT2D eigenvalue weighted by atomic mass is 35.5. The molecule has 0 saturated carbocycles. The van der Waals surface area contributed by atoms with Crippen LogP contribution in [-0.2, 0) is 24.2 Å². The van der Waals surface area contributed by atoms with Crippen molar-refractivity contribution in [2.45, 2.75) is 38.8 Å². The van der Waals surface area contributed by atoms with Crippen LogP contribution in [0.2, 0.25) is 5.02 Å². The number of carbonyl (C=O) groups excluding carboxylic acids is 1. The average Bonchev–Trinajstić information content (AvgIpc) is 2.93. The van der Waals surface area contributed by atoms with Crippen molar-refractivity contribution in [1.82, 2.24) is 14.9 Å². The lowest BCUT2D eigenvalue weighted by atomic mass is 9.95. The zero-order valence-electron chi connectivity index (χ0n) is 13.6. The predicted octanol–water partition coefficient (Wildman–Crippen LogP) is 2.53. The smallest absolute Gasteiger partial charge is 0.227 e. The summed E-state index contributed by atoms with van der Waals surface area (Å²) >= 11 is 6.04. The van der Waals surface area contributed by atoms with Crippen LogP contribution in [0.1, 0.15) is 23.5 Å². The van der Waals surface area contributed by atoms with E-state index in [2.05, 4.69) is 21.1 Å². The van der Waals surface area contributed by atoms with E-state index in [1.807, 2.05) is 25.1 Å². The predicted molar refractivity (Wildman–Crippen MR) is 91.4 cm³/mol. The zero-order valence-corrected chi connectivity index (χ0v) is 14.3. The quantitative estimate of drug-likeness (QED) is 0.910. The molecule has 2 atom stereocenters. The number of fused-ring (bicyclic) bond motifs is 2. The number of nitrogens with one attached hydrogen (secondary N) is 1. The molecule has 0 radical (unpaired) electrons. The third kappa shape index (κ3) is 3.00. The first-order valence-corrected chi connectivity index (χ1v) is 8.70. The van der Waals surface area contributed by atoms with E-state index in [4.69, 9.17) is 16.3 Å². The van der Waals surface area contributed by atoms with Gasteiger partial charge in [0.15, 0.2) is 0 Å². The molecule has 2 aliphatic heterocycles. The minimum atomic E-state index is -0.165. The number of hydrogen-bond acceptors (Lipinski definition) is 3. The first kappa shape index (κ1) is 15.5. The highest BCUT2D eigenvalue weighted by Crippen LogP contribution is 2.30. The second-order valence-electron chi connectivity index (χ2n) is 6.66. The van der Waals surface area contributed by atoms with Crippen molar-refractivity contribution >= 4 is 17.5 Å². The molecule has 24 heavy (non-hydrogen) atoms. The van der Waals surface area contributed by atoms with Gasteiger partial charge < -0.3 is 14.6 Å². The van der Waals surface area contributed by atoms with Gasteiger partial charge in [0.25, 0.3) is 0 Å². The number of ether oxygens (including phenoxy) is 1. The fourth-order valence-electron chi connectivity index (χ4n) is 3.55. The molecule has 3 heterocycles. The van der Waals surface area contributed by atoms with Gasteiger partial charge >= 0.3 is 0 Å². The van der Waals surface area contributed by atoms with Gasteiger partial charge in [0.1, 0.15) is 18.2 Å². The van der Waals surface area contributed by atoms with Crippen LogP contribution in [0.25, 0.3) is 0 Å². The van der Waals surface area contributed by atoms with Crippen molar-refractivity contribution in [3.05, 3.63) is 46.5 Å². The van der Waals surface area contributed by atoms with Gasteiger partial charge in [-0.15, -0.1) is 0 Å². The third-order valence-electron chi connectivity index (χ3n) is 4.76. The van der Waals surface area contributed by atoms with Gasteiger partial charge in [-0.25, -0.2) is 4.98 Å². The highest BCUT2D eigenvalue weighted by Gasteiger charge is 2.29. The van der Waals surface area contributed by atoms with Crippen molar-refractivity contribution in [2.24, 2.45) is 5.92 Å². The van der Waals surface area contributed by atoms with Gasteiger partial charge in [0.05, 0.1) is 11.6 Å². The van der Waals surface area contributed by atoms with E-state index in [0.29, 0.717) is 18.1 Å². The fourth-order valence-corrected chi connectivity index (χ4v) is 3.75. The Morgan fingerprint density at radius 3 is 3.21 bits per heavy atom. The maximum Gasteiger partial charge on any atom is 0.227 e. The first-order chi connectivity index (χ1) is 11.6. The number of hydrogen-bond donors (Lipinski definition) is 1.